The number of carbonyl (C=O) groups excluding carboxylic acids is 2. The van der Waals surface area contributed by atoms with Crippen LogP contribution in [0, 0.1) is 12.7 Å². The number of halogens is 1. The monoisotopic (exact) mass is 386 g/mol. The van der Waals surface area contributed by atoms with E-state index < -0.39 is 11.7 Å². The summed E-state index contributed by atoms with van der Waals surface area (Å²) in [5.74, 6) is -1.31. The van der Waals surface area contributed by atoms with Crippen LogP contribution in [0.4, 0.5) is 4.39 Å². The van der Waals surface area contributed by atoms with E-state index >= 15 is 0 Å². The normalized spacial score (nSPS) is 14.1. The van der Waals surface area contributed by atoms with Gasteiger partial charge < -0.3 is 15.7 Å². The molecule has 7 nitrogen and oxygen atoms in total. The van der Waals surface area contributed by atoms with Gasteiger partial charge in [0.2, 0.25) is 0 Å². The summed E-state index contributed by atoms with van der Waals surface area (Å²) in [6.45, 7) is 1.46. The molecular weight excluding hydrogens is 363 g/mol. The SMILES string of the molecule is Cc1c(F)cc(C(=O)NCCO)cc1-c1ccc(C(=O)NC2CCCC2)nn1. The van der Waals surface area contributed by atoms with Crippen LogP contribution in [-0.4, -0.2) is 46.3 Å². The number of hydrogen-bond donors (Lipinski definition) is 3. The van der Waals surface area contributed by atoms with E-state index in [-0.39, 0.29) is 36.4 Å². The van der Waals surface area contributed by atoms with E-state index in [2.05, 4.69) is 20.8 Å². The van der Waals surface area contributed by atoms with E-state index in [1.165, 1.54) is 6.07 Å². The van der Waals surface area contributed by atoms with Crippen LogP contribution < -0.4 is 10.6 Å². The standard InChI is InChI=1S/C20H23FN4O3/c1-12-15(10-13(11-16(12)21)19(27)22-8-9-26)17-6-7-18(25-24-17)20(28)23-14-4-2-3-5-14/h6-7,10-11,14,26H,2-5,8-9H2,1H3,(H,22,27)(H,23,28). The molecule has 2 aromatic rings. The van der Waals surface area contributed by atoms with Crippen LogP contribution in [0.1, 0.15) is 52.1 Å². The summed E-state index contributed by atoms with van der Waals surface area (Å²) >= 11 is 0. The van der Waals surface area contributed by atoms with E-state index in [1.807, 2.05) is 0 Å². The van der Waals surface area contributed by atoms with Gasteiger partial charge in [-0.3, -0.25) is 9.59 Å². The van der Waals surface area contributed by atoms with Crippen molar-refractivity contribution in [3.05, 3.63) is 46.9 Å². The van der Waals surface area contributed by atoms with Crippen molar-refractivity contribution in [2.75, 3.05) is 13.2 Å². The fourth-order valence-corrected chi connectivity index (χ4v) is 3.27. The van der Waals surface area contributed by atoms with Crippen LogP contribution in [0.5, 0.6) is 0 Å². The first-order valence-corrected chi connectivity index (χ1v) is 9.33. The lowest BCUT2D eigenvalue weighted by Gasteiger charge is -2.12. The van der Waals surface area contributed by atoms with Gasteiger partial charge in [-0.1, -0.05) is 12.8 Å². The van der Waals surface area contributed by atoms with E-state index in [0.29, 0.717) is 16.8 Å². The van der Waals surface area contributed by atoms with E-state index in [9.17, 15) is 14.0 Å². The maximum Gasteiger partial charge on any atom is 0.272 e. The van der Waals surface area contributed by atoms with Gasteiger partial charge in [-0.2, -0.15) is 0 Å². The maximum absolute atomic E-state index is 14.3. The van der Waals surface area contributed by atoms with Crippen LogP contribution in [0.3, 0.4) is 0 Å². The molecule has 28 heavy (non-hydrogen) atoms. The topological polar surface area (TPSA) is 104 Å². The highest BCUT2D eigenvalue weighted by molar-refractivity contribution is 5.96. The molecule has 2 amide bonds. The van der Waals surface area contributed by atoms with Crippen molar-refractivity contribution in [2.45, 2.75) is 38.6 Å². The molecule has 1 aromatic carbocycles. The lowest BCUT2D eigenvalue weighted by atomic mass is 10.0. The maximum atomic E-state index is 14.3. The molecular formula is C20H23FN4O3. The second-order valence-electron chi connectivity index (χ2n) is 6.87. The summed E-state index contributed by atoms with van der Waals surface area (Å²) in [7, 11) is 0. The molecule has 1 aromatic heterocycles. The lowest BCUT2D eigenvalue weighted by molar-refractivity contribution is 0.0928. The van der Waals surface area contributed by atoms with Crippen LogP contribution in [-0.2, 0) is 0 Å². The van der Waals surface area contributed by atoms with Gasteiger partial charge in [0, 0.05) is 23.7 Å². The molecule has 1 heterocycles. The Balaban J connectivity index is 1.81. The van der Waals surface area contributed by atoms with Crippen molar-refractivity contribution < 1.29 is 19.1 Å². The molecule has 0 aliphatic heterocycles. The minimum atomic E-state index is -0.545. The number of aliphatic hydroxyl groups is 1. The predicted octanol–water partition coefficient (Wildman–Crippen LogP) is 1.99. The number of benzene rings is 1. The quantitative estimate of drug-likeness (QED) is 0.704. The molecule has 8 heteroatoms. The third-order valence-corrected chi connectivity index (χ3v) is 4.87. The van der Waals surface area contributed by atoms with Crippen LogP contribution in [0.15, 0.2) is 24.3 Å². The Labute approximate surface area is 162 Å². The molecule has 0 bridgehead atoms. The van der Waals surface area contributed by atoms with E-state index in [0.717, 1.165) is 31.7 Å². The van der Waals surface area contributed by atoms with Gasteiger partial charge in [-0.25, -0.2) is 4.39 Å². The fraction of sp³-hybridized carbons (Fsp3) is 0.400. The highest BCUT2D eigenvalue weighted by Gasteiger charge is 2.20. The van der Waals surface area contributed by atoms with Gasteiger partial charge >= 0.3 is 0 Å². The Morgan fingerprint density at radius 2 is 1.93 bits per heavy atom. The Hall–Kier alpha value is -2.87. The first-order chi connectivity index (χ1) is 13.5. The van der Waals surface area contributed by atoms with Gasteiger partial charge in [0.05, 0.1) is 12.3 Å². The summed E-state index contributed by atoms with van der Waals surface area (Å²) in [6.07, 6.45) is 4.17. The molecule has 0 spiro atoms. The minimum Gasteiger partial charge on any atom is -0.395 e. The molecule has 1 fully saturated rings. The third-order valence-electron chi connectivity index (χ3n) is 4.87. The number of amides is 2. The predicted molar refractivity (Wildman–Crippen MR) is 101 cm³/mol. The highest BCUT2D eigenvalue weighted by atomic mass is 19.1. The largest absolute Gasteiger partial charge is 0.395 e. The molecule has 148 valence electrons. The first-order valence-electron chi connectivity index (χ1n) is 9.33. The molecule has 0 unspecified atom stereocenters. The zero-order valence-electron chi connectivity index (χ0n) is 15.7. The smallest absolute Gasteiger partial charge is 0.272 e. The van der Waals surface area contributed by atoms with E-state index in [4.69, 9.17) is 5.11 Å². The average Bonchev–Trinajstić information content (AvgIpc) is 3.21. The summed E-state index contributed by atoms with van der Waals surface area (Å²) in [5, 5.41) is 22.3. The summed E-state index contributed by atoms with van der Waals surface area (Å²) in [5.41, 5.74) is 1.44. The van der Waals surface area contributed by atoms with Gasteiger partial charge in [0.1, 0.15) is 5.82 Å². The highest BCUT2D eigenvalue weighted by Crippen LogP contribution is 2.25. The lowest BCUT2D eigenvalue weighted by Crippen LogP contribution is -2.33. The molecule has 1 saturated carbocycles. The zero-order chi connectivity index (χ0) is 20.1. The summed E-state index contributed by atoms with van der Waals surface area (Å²) in [6, 6.07) is 5.98. The molecule has 1 aliphatic rings. The molecule has 0 radical (unpaired) electrons. The molecule has 3 N–H and O–H groups in total. The van der Waals surface area contributed by atoms with Gasteiger partial charge in [0.25, 0.3) is 11.8 Å². The third kappa shape index (κ3) is 4.51. The average molecular weight is 386 g/mol. The van der Waals surface area contributed by atoms with Crippen molar-refractivity contribution in [2.24, 2.45) is 0 Å². The number of hydrogen-bond acceptors (Lipinski definition) is 5. The molecule has 0 saturated heterocycles. The fourth-order valence-electron chi connectivity index (χ4n) is 3.27. The van der Waals surface area contributed by atoms with Gasteiger partial charge in [0.15, 0.2) is 5.69 Å². The Bertz CT molecular complexity index is 864. The number of nitrogens with one attached hydrogen (secondary N) is 2. The van der Waals surface area contributed by atoms with Crippen LogP contribution >= 0.6 is 0 Å². The minimum absolute atomic E-state index is 0.0776. The second-order valence-corrected chi connectivity index (χ2v) is 6.87. The van der Waals surface area contributed by atoms with E-state index in [1.54, 1.807) is 19.1 Å². The number of carbonyl (C=O) groups is 2. The van der Waals surface area contributed by atoms with Crippen molar-refractivity contribution in [1.29, 1.82) is 0 Å². The van der Waals surface area contributed by atoms with Crippen molar-refractivity contribution >= 4 is 11.8 Å². The summed E-state index contributed by atoms with van der Waals surface area (Å²) in [4.78, 5) is 24.3. The van der Waals surface area contributed by atoms with Crippen LogP contribution in [0.2, 0.25) is 0 Å². The second kappa shape index (κ2) is 8.88. The van der Waals surface area contributed by atoms with Crippen LogP contribution in [0.25, 0.3) is 11.3 Å². The Morgan fingerprint density at radius 1 is 1.18 bits per heavy atom. The molecule has 0 atom stereocenters. The molecule has 3 rings (SSSR count). The Kier molecular flexibility index (Phi) is 6.30. The molecule has 1 aliphatic carbocycles. The van der Waals surface area contributed by atoms with Gasteiger partial charge in [-0.05, 0) is 49.6 Å². The summed E-state index contributed by atoms with van der Waals surface area (Å²) < 4.78 is 14.3. The number of aliphatic hydroxyl groups excluding tert-OH is 1. The van der Waals surface area contributed by atoms with Crippen molar-refractivity contribution in [3.63, 3.8) is 0 Å². The van der Waals surface area contributed by atoms with Crippen molar-refractivity contribution in [3.8, 4) is 11.3 Å². The first kappa shape index (κ1) is 19.9. The number of aromatic nitrogens is 2. The Morgan fingerprint density at radius 3 is 2.57 bits per heavy atom. The van der Waals surface area contributed by atoms with Crippen molar-refractivity contribution in [1.82, 2.24) is 20.8 Å². The zero-order valence-corrected chi connectivity index (χ0v) is 15.7. The number of rotatable bonds is 6. The van der Waals surface area contributed by atoms with Gasteiger partial charge in [-0.15, -0.1) is 10.2 Å². The number of nitrogens with zero attached hydrogens (tertiary/aromatic N) is 2.